The number of carbonyl (C=O) groups excluding carboxylic acids is 1. The Bertz CT molecular complexity index is 373. The Morgan fingerprint density at radius 2 is 2.23 bits per heavy atom. The smallest absolute Gasteiger partial charge is 0.177 e. The van der Waals surface area contributed by atoms with E-state index in [2.05, 4.69) is 0 Å². The molecule has 0 N–H and O–H groups in total. The molecule has 0 aliphatic heterocycles. The second-order valence-corrected chi connectivity index (χ2v) is 4.44. The number of Topliss-reactive ketones (excluding diaryl/α,β-unsaturated/α-hetero) is 1. The summed E-state index contributed by atoms with van der Waals surface area (Å²) in [6.07, 6.45) is 0.532. The predicted octanol–water partition coefficient (Wildman–Crippen LogP) is 3.24. The zero-order chi connectivity index (χ0) is 9.10. The Labute approximate surface area is 84.7 Å². The predicted molar refractivity (Wildman–Crippen MR) is 56.7 cm³/mol. The molecule has 3 heteroatoms. The monoisotopic (exact) mass is 208 g/mol. The van der Waals surface area contributed by atoms with Gasteiger partial charge in [-0.2, -0.15) is 11.3 Å². The maximum atomic E-state index is 11.6. The highest BCUT2D eigenvalue weighted by atomic mass is 32.1. The van der Waals surface area contributed by atoms with Crippen LogP contribution in [0.25, 0.3) is 0 Å². The lowest BCUT2D eigenvalue weighted by molar-refractivity contribution is 0.0997. The van der Waals surface area contributed by atoms with Gasteiger partial charge < -0.3 is 0 Å². The molecule has 0 aliphatic rings. The molecule has 2 rings (SSSR count). The van der Waals surface area contributed by atoms with Gasteiger partial charge in [-0.25, -0.2) is 0 Å². The molecule has 0 bridgehead atoms. The summed E-state index contributed by atoms with van der Waals surface area (Å²) in [4.78, 5) is 12.4. The van der Waals surface area contributed by atoms with Crippen LogP contribution in [0.5, 0.6) is 0 Å². The quantitative estimate of drug-likeness (QED) is 0.708. The Balaban J connectivity index is 2.08. The van der Waals surface area contributed by atoms with Gasteiger partial charge in [-0.05, 0) is 33.8 Å². The first kappa shape index (κ1) is 8.66. The fourth-order valence-corrected chi connectivity index (χ4v) is 2.44. The summed E-state index contributed by atoms with van der Waals surface area (Å²) in [6, 6.07) is 5.78. The largest absolute Gasteiger partial charge is 0.293 e. The van der Waals surface area contributed by atoms with Crippen molar-refractivity contribution < 1.29 is 4.79 Å². The van der Waals surface area contributed by atoms with Gasteiger partial charge in [0.1, 0.15) is 0 Å². The zero-order valence-corrected chi connectivity index (χ0v) is 8.53. The van der Waals surface area contributed by atoms with E-state index in [1.165, 1.54) is 11.3 Å². The molecule has 0 aromatic carbocycles. The second kappa shape index (κ2) is 3.85. The van der Waals surface area contributed by atoms with Crippen molar-refractivity contribution in [2.45, 2.75) is 6.42 Å². The van der Waals surface area contributed by atoms with E-state index >= 15 is 0 Å². The topological polar surface area (TPSA) is 17.1 Å². The SMILES string of the molecule is O=C(Cc1ccsc1)c1cccs1. The first-order valence-corrected chi connectivity index (χ1v) is 5.76. The second-order valence-electron chi connectivity index (χ2n) is 2.71. The van der Waals surface area contributed by atoms with Crippen molar-refractivity contribution in [1.82, 2.24) is 0 Å². The highest BCUT2D eigenvalue weighted by Crippen LogP contribution is 2.14. The lowest BCUT2D eigenvalue weighted by Gasteiger charge is -1.93. The number of rotatable bonds is 3. The van der Waals surface area contributed by atoms with E-state index in [1.54, 1.807) is 11.3 Å². The molecule has 0 spiro atoms. The molecule has 0 fully saturated rings. The average molecular weight is 208 g/mol. The van der Waals surface area contributed by atoms with Crippen LogP contribution in [0.1, 0.15) is 15.2 Å². The Kier molecular flexibility index (Phi) is 2.57. The number of hydrogen-bond donors (Lipinski definition) is 0. The number of ketones is 1. The third kappa shape index (κ3) is 2.05. The molecule has 0 saturated heterocycles. The van der Waals surface area contributed by atoms with E-state index in [0.29, 0.717) is 6.42 Å². The molecule has 0 aliphatic carbocycles. The van der Waals surface area contributed by atoms with Gasteiger partial charge in [0, 0.05) is 6.42 Å². The molecule has 0 unspecified atom stereocenters. The van der Waals surface area contributed by atoms with Crippen LogP contribution in [0.2, 0.25) is 0 Å². The highest BCUT2D eigenvalue weighted by molar-refractivity contribution is 7.12. The standard InChI is InChI=1S/C10H8OS2/c11-9(10-2-1-4-13-10)6-8-3-5-12-7-8/h1-5,7H,6H2. The molecular formula is C10H8OS2. The normalized spacial score (nSPS) is 10.2. The van der Waals surface area contributed by atoms with Crippen molar-refractivity contribution >= 4 is 28.5 Å². The lowest BCUT2D eigenvalue weighted by atomic mass is 10.1. The van der Waals surface area contributed by atoms with Gasteiger partial charge in [0.15, 0.2) is 5.78 Å². The molecule has 0 atom stereocenters. The number of hydrogen-bond acceptors (Lipinski definition) is 3. The van der Waals surface area contributed by atoms with Gasteiger partial charge in [0.05, 0.1) is 4.88 Å². The summed E-state index contributed by atoms with van der Waals surface area (Å²) in [7, 11) is 0. The van der Waals surface area contributed by atoms with Crippen LogP contribution in [-0.4, -0.2) is 5.78 Å². The first-order chi connectivity index (χ1) is 6.36. The maximum absolute atomic E-state index is 11.6. The van der Waals surface area contributed by atoms with E-state index in [4.69, 9.17) is 0 Å². The fraction of sp³-hybridized carbons (Fsp3) is 0.100. The maximum Gasteiger partial charge on any atom is 0.177 e. The van der Waals surface area contributed by atoms with Crippen LogP contribution in [0, 0.1) is 0 Å². The molecule has 2 aromatic heterocycles. The molecule has 66 valence electrons. The average Bonchev–Trinajstić information content (AvgIpc) is 2.74. The van der Waals surface area contributed by atoms with Gasteiger partial charge in [0.2, 0.25) is 0 Å². The molecule has 1 nitrogen and oxygen atoms in total. The first-order valence-electron chi connectivity index (χ1n) is 3.94. The van der Waals surface area contributed by atoms with Crippen LogP contribution < -0.4 is 0 Å². The van der Waals surface area contributed by atoms with Crippen LogP contribution in [0.4, 0.5) is 0 Å². The van der Waals surface area contributed by atoms with Gasteiger partial charge in [0.25, 0.3) is 0 Å². The summed E-state index contributed by atoms with van der Waals surface area (Å²) >= 11 is 3.14. The van der Waals surface area contributed by atoms with E-state index in [9.17, 15) is 4.79 Å². The molecule has 0 saturated carbocycles. The van der Waals surface area contributed by atoms with Crippen molar-refractivity contribution in [3.63, 3.8) is 0 Å². The number of thiophene rings is 2. The van der Waals surface area contributed by atoms with Crippen LogP contribution in [-0.2, 0) is 6.42 Å². The molecule has 0 amide bonds. The van der Waals surface area contributed by atoms with Gasteiger partial charge in [-0.3, -0.25) is 4.79 Å². The molecule has 13 heavy (non-hydrogen) atoms. The lowest BCUT2D eigenvalue weighted by Crippen LogP contribution is -1.99. The van der Waals surface area contributed by atoms with E-state index in [0.717, 1.165) is 10.4 Å². The van der Waals surface area contributed by atoms with Crippen LogP contribution in [0.3, 0.4) is 0 Å². The van der Waals surface area contributed by atoms with E-state index in [-0.39, 0.29) is 5.78 Å². The molecule has 0 radical (unpaired) electrons. The Morgan fingerprint density at radius 1 is 1.31 bits per heavy atom. The minimum Gasteiger partial charge on any atom is -0.293 e. The summed E-state index contributed by atoms with van der Waals surface area (Å²) in [5.74, 6) is 0.216. The summed E-state index contributed by atoms with van der Waals surface area (Å²) < 4.78 is 0. The third-order valence-electron chi connectivity index (χ3n) is 1.74. The number of carbonyl (C=O) groups is 1. The minimum atomic E-state index is 0.216. The molecule has 2 heterocycles. The highest BCUT2D eigenvalue weighted by Gasteiger charge is 2.07. The van der Waals surface area contributed by atoms with Crippen molar-refractivity contribution in [3.8, 4) is 0 Å². The minimum absolute atomic E-state index is 0.216. The summed E-state index contributed by atoms with van der Waals surface area (Å²) in [6.45, 7) is 0. The van der Waals surface area contributed by atoms with Gasteiger partial charge in [-0.15, -0.1) is 11.3 Å². The summed E-state index contributed by atoms with van der Waals surface area (Å²) in [5.41, 5.74) is 1.11. The van der Waals surface area contributed by atoms with Crippen molar-refractivity contribution in [1.29, 1.82) is 0 Å². The Morgan fingerprint density at radius 3 is 2.85 bits per heavy atom. The van der Waals surface area contributed by atoms with Crippen molar-refractivity contribution in [2.24, 2.45) is 0 Å². The molecular weight excluding hydrogens is 200 g/mol. The van der Waals surface area contributed by atoms with E-state index < -0.39 is 0 Å². The molecule has 2 aromatic rings. The van der Waals surface area contributed by atoms with Gasteiger partial charge in [-0.1, -0.05) is 6.07 Å². The zero-order valence-electron chi connectivity index (χ0n) is 6.90. The van der Waals surface area contributed by atoms with E-state index in [1.807, 2.05) is 34.3 Å². The Hall–Kier alpha value is -0.930. The van der Waals surface area contributed by atoms with Crippen molar-refractivity contribution in [3.05, 3.63) is 44.8 Å². The van der Waals surface area contributed by atoms with Gasteiger partial charge >= 0.3 is 0 Å². The fourth-order valence-electron chi connectivity index (χ4n) is 1.10. The van der Waals surface area contributed by atoms with Crippen molar-refractivity contribution in [2.75, 3.05) is 0 Å². The van der Waals surface area contributed by atoms with Crippen LogP contribution >= 0.6 is 22.7 Å². The van der Waals surface area contributed by atoms with Crippen LogP contribution in [0.15, 0.2) is 34.3 Å². The summed E-state index contributed by atoms with van der Waals surface area (Å²) in [5, 5.41) is 5.95. The third-order valence-corrected chi connectivity index (χ3v) is 3.38.